The van der Waals surface area contributed by atoms with Gasteiger partial charge in [0.1, 0.15) is 0 Å². The molecule has 0 saturated heterocycles. The van der Waals surface area contributed by atoms with Gasteiger partial charge in [0.2, 0.25) is 0 Å². The van der Waals surface area contributed by atoms with Crippen LogP contribution in [0, 0.1) is 0 Å². The third kappa shape index (κ3) is 3.05. The van der Waals surface area contributed by atoms with Crippen LogP contribution in [-0.4, -0.2) is 0 Å². The summed E-state index contributed by atoms with van der Waals surface area (Å²) in [6, 6.07) is 39.3. The molecular weight excluding hydrogens is 438 g/mol. The Balaban J connectivity index is 1.38. The molecule has 3 heteroatoms. The summed E-state index contributed by atoms with van der Waals surface area (Å²) in [5.41, 5.74) is 4.84. The van der Waals surface area contributed by atoms with Gasteiger partial charge >= 0.3 is 0 Å². The number of anilines is 2. The number of nitrogens with one attached hydrogen (secondary N) is 1. The molecule has 0 atom stereocenters. The van der Waals surface area contributed by atoms with Crippen molar-refractivity contribution in [1.82, 2.24) is 0 Å². The quantitative estimate of drug-likeness (QED) is 0.278. The van der Waals surface area contributed by atoms with Gasteiger partial charge in [-0.05, 0) is 41.5 Å². The summed E-state index contributed by atoms with van der Waals surface area (Å²) in [6.07, 6.45) is 0. The largest absolute Gasteiger partial charge is 0.354 e. The van der Waals surface area contributed by atoms with E-state index >= 15 is 0 Å². The van der Waals surface area contributed by atoms with Gasteiger partial charge in [0.25, 0.3) is 0 Å². The molecule has 33 heavy (non-hydrogen) atoms. The molecule has 2 heterocycles. The molecule has 1 nitrogen and oxygen atoms in total. The lowest BCUT2D eigenvalue weighted by Crippen LogP contribution is -1.89. The Bertz CT molecular complexity index is 1790. The van der Waals surface area contributed by atoms with Crippen LogP contribution < -0.4 is 5.32 Å². The lowest BCUT2D eigenvalue weighted by molar-refractivity contribution is 1.63. The van der Waals surface area contributed by atoms with Gasteiger partial charge in [-0.2, -0.15) is 0 Å². The summed E-state index contributed by atoms with van der Waals surface area (Å²) in [5, 5.41) is 9.00. The second kappa shape index (κ2) is 7.45. The number of hydrogen-bond acceptors (Lipinski definition) is 3. The van der Waals surface area contributed by atoms with Crippen LogP contribution in [0.3, 0.4) is 0 Å². The number of fused-ring (bicyclic) bond motifs is 6. The van der Waals surface area contributed by atoms with Crippen molar-refractivity contribution in [2.75, 3.05) is 5.32 Å². The van der Waals surface area contributed by atoms with E-state index in [-0.39, 0.29) is 0 Å². The Kier molecular flexibility index (Phi) is 4.26. The van der Waals surface area contributed by atoms with Crippen LogP contribution in [0.4, 0.5) is 11.4 Å². The molecule has 5 aromatic carbocycles. The normalized spacial score (nSPS) is 11.6. The predicted octanol–water partition coefficient (Wildman–Crippen LogP) is 9.83. The van der Waals surface area contributed by atoms with Crippen molar-refractivity contribution in [1.29, 1.82) is 0 Å². The minimum Gasteiger partial charge on any atom is -0.354 e. The highest BCUT2D eigenvalue weighted by Crippen LogP contribution is 2.43. The summed E-state index contributed by atoms with van der Waals surface area (Å²) in [5.74, 6) is 0. The van der Waals surface area contributed by atoms with E-state index in [9.17, 15) is 0 Å². The van der Waals surface area contributed by atoms with Gasteiger partial charge in [-0.3, -0.25) is 0 Å². The van der Waals surface area contributed by atoms with E-state index in [1.807, 2.05) is 22.7 Å². The maximum absolute atomic E-state index is 3.73. The molecule has 7 aromatic rings. The second-order valence-electron chi connectivity index (χ2n) is 8.27. The van der Waals surface area contributed by atoms with E-state index in [2.05, 4.69) is 115 Å². The first kappa shape index (κ1) is 18.9. The lowest BCUT2D eigenvalue weighted by Gasteiger charge is -2.08. The van der Waals surface area contributed by atoms with E-state index in [1.165, 1.54) is 51.5 Å². The Labute approximate surface area is 199 Å². The van der Waals surface area contributed by atoms with Gasteiger partial charge in [-0.15, -0.1) is 22.7 Å². The lowest BCUT2D eigenvalue weighted by atomic mass is 10.0. The standard InChI is InChI=1S/C30H19NS2/c1-2-8-19(9-3-1)21-11-6-12-23-24-13-7-14-26(30(24)33-29(21)23)31-20-16-17-28-25(18-20)22-10-4-5-15-27(22)32-28/h1-18,31H. The van der Waals surface area contributed by atoms with Gasteiger partial charge in [-0.25, -0.2) is 0 Å². The highest BCUT2D eigenvalue weighted by Gasteiger charge is 2.13. The molecule has 1 N–H and O–H groups in total. The van der Waals surface area contributed by atoms with Crippen molar-refractivity contribution in [3.05, 3.63) is 109 Å². The molecular formula is C30H19NS2. The summed E-state index contributed by atoms with van der Waals surface area (Å²) in [6.45, 7) is 0. The first-order chi connectivity index (χ1) is 16.3. The Morgan fingerprint density at radius 3 is 2.12 bits per heavy atom. The van der Waals surface area contributed by atoms with E-state index in [4.69, 9.17) is 0 Å². The molecule has 7 rings (SSSR count). The summed E-state index contributed by atoms with van der Waals surface area (Å²) in [7, 11) is 0. The number of hydrogen-bond donors (Lipinski definition) is 1. The predicted molar refractivity (Wildman–Crippen MR) is 147 cm³/mol. The van der Waals surface area contributed by atoms with Crippen molar-refractivity contribution >= 4 is 74.4 Å². The number of benzene rings is 5. The summed E-state index contributed by atoms with van der Waals surface area (Å²) < 4.78 is 5.30. The average molecular weight is 458 g/mol. The molecule has 0 amide bonds. The molecule has 0 saturated carbocycles. The minimum atomic E-state index is 1.12. The van der Waals surface area contributed by atoms with Gasteiger partial charge in [0.15, 0.2) is 0 Å². The minimum absolute atomic E-state index is 1.12. The Hall–Kier alpha value is -3.66. The first-order valence-electron chi connectivity index (χ1n) is 11.0. The average Bonchev–Trinajstić information content (AvgIpc) is 3.43. The Morgan fingerprint density at radius 1 is 0.485 bits per heavy atom. The van der Waals surface area contributed by atoms with Gasteiger partial charge in [0.05, 0.1) is 10.4 Å². The van der Waals surface area contributed by atoms with E-state index in [0.717, 1.165) is 11.4 Å². The van der Waals surface area contributed by atoms with E-state index in [0.29, 0.717) is 0 Å². The molecule has 0 aliphatic carbocycles. The van der Waals surface area contributed by atoms with Crippen molar-refractivity contribution in [2.45, 2.75) is 0 Å². The van der Waals surface area contributed by atoms with Crippen molar-refractivity contribution in [3.63, 3.8) is 0 Å². The van der Waals surface area contributed by atoms with Gasteiger partial charge < -0.3 is 5.32 Å². The first-order valence-corrected chi connectivity index (χ1v) is 12.7. The van der Waals surface area contributed by atoms with Crippen LogP contribution in [0.1, 0.15) is 0 Å². The van der Waals surface area contributed by atoms with Crippen molar-refractivity contribution in [3.8, 4) is 11.1 Å². The maximum atomic E-state index is 3.73. The zero-order valence-electron chi connectivity index (χ0n) is 17.7. The third-order valence-electron chi connectivity index (χ3n) is 6.26. The maximum Gasteiger partial charge on any atom is 0.0590 e. The smallest absolute Gasteiger partial charge is 0.0590 e. The van der Waals surface area contributed by atoms with E-state index in [1.54, 1.807) is 0 Å². The fourth-order valence-electron chi connectivity index (χ4n) is 4.72. The van der Waals surface area contributed by atoms with Crippen LogP contribution in [0.2, 0.25) is 0 Å². The van der Waals surface area contributed by atoms with Crippen molar-refractivity contribution in [2.24, 2.45) is 0 Å². The molecule has 0 fully saturated rings. The molecule has 0 aliphatic heterocycles. The van der Waals surface area contributed by atoms with Crippen molar-refractivity contribution < 1.29 is 0 Å². The zero-order valence-corrected chi connectivity index (χ0v) is 19.3. The monoisotopic (exact) mass is 457 g/mol. The van der Waals surface area contributed by atoms with Gasteiger partial charge in [-0.1, -0.05) is 78.9 Å². The highest BCUT2D eigenvalue weighted by molar-refractivity contribution is 7.27. The fraction of sp³-hybridized carbons (Fsp3) is 0. The molecule has 0 unspecified atom stereocenters. The SMILES string of the molecule is c1ccc(-c2cccc3c2sc2c(Nc4ccc5sc6ccccc6c5c4)cccc23)cc1. The van der Waals surface area contributed by atoms with Crippen LogP contribution in [0.25, 0.3) is 51.5 Å². The van der Waals surface area contributed by atoms with Crippen LogP contribution in [0.5, 0.6) is 0 Å². The zero-order chi connectivity index (χ0) is 21.8. The number of thiophene rings is 2. The molecule has 0 aliphatic rings. The summed E-state index contributed by atoms with van der Waals surface area (Å²) in [4.78, 5) is 0. The molecule has 0 spiro atoms. The molecule has 0 bridgehead atoms. The fourth-order valence-corrected chi connectivity index (χ4v) is 7.11. The van der Waals surface area contributed by atoms with Crippen LogP contribution in [-0.2, 0) is 0 Å². The molecule has 2 aromatic heterocycles. The molecule has 0 radical (unpaired) electrons. The Morgan fingerprint density at radius 2 is 1.21 bits per heavy atom. The topological polar surface area (TPSA) is 12.0 Å². The number of rotatable bonds is 3. The van der Waals surface area contributed by atoms with Crippen LogP contribution in [0.15, 0.2) is 109 Å². The third-order valence-corrected chi connectivity index (χ3v) is 8.70. The van der Waals surface area contributed by atoms with Crippen LogP contribution >= 0.6 is 22.7 Å². The second-order valence-corrected chi connectivity index (χ2v) is 10.4. The highest BCUT2D eigenvalue weighted by atomic mass is 32.1. The molecule has 156 valence electrons. The summed E-state index contributed by atoms with van der Waals surface area (Å²) >= 11 is 3.73. The van der Waals surface area contributed by atoms with Gasteiger partial charge in [0, 0.05) is 41.3 Å². The van der Waals surface area contributed by atoms with E-state index < -0.39 is 0 Å².